The van der Waals surface area contributed by atoms with Crippen molar-refractivity contribution in [3.63, 3.8) is 0 Å². The van der Waals surface area contributed by atoms with Crippen LogP contribution in [0.15, 0.2) is 33.5 Å². The molecule has 0 amide bonds. The maximum atomic E-state index is 12.3. The van der Waals surface area contributed by atoms with E-state index in [1.54, 1.807) is 21.3 Å². The summed E-state index contributed by atoms with van der Waals surface area (Å²) in [6, 6.07) is 7.63. The molecule has 0 radical (unpaired) electrons. The van der Waals surface area contributed by atoms with Crippen LogP contribution in [-0.4, -0.2) is 21.3 Å². The number of hydrogen-bond acceptors (Lipinski definition) is 6. The largest absolute Gasteiger partial charge is 0.493 e. The molecule has 0 saturated heterocycles. The molecule has 0 N–H and O–H groups in total. The number of aryl methyl sites for hydroxylation is 2. The summed E-state index contributed by atoms with van der Waals surface area (Å²) in [5.41, 5.74) is 4.02. The molecular weight excluding hydrogens is 372 g/mol. The van der Waals surface area contributed by atoms with Crippen molar-refractivity contribution in [2.75, 3.05) is 21.3 Å². The monoisotopic (exact) mass is 396 g/mol. The van der Waals surface area contributed by atoms with Crippen molar-refractivity contribution in [2.24, 2.45) is 0 Å². The van der Waals surface area contributed by atoms with Crippen LogP contribution in [0.4, 0.5) is 0 Å². The molecule has 0 bridgehead atoms. The molecule has 0 spiro atoms. The summed E-state index contributed by atoms with van der Waals surface area (Å²) in [5, 5.41) is 1.01. The first kappa shape index (κ1) is 19.2. The lowest BCUT2D eigenvalue weighted by molar-refractivity contribution is 0.297. The number of methoxy groups -OCH3 is 3. The van der Waals surface area contributed by atoms with Crippen molar-refractivity contribution in [1.82, 2.24) is 0 Å². The number of hydrogen-bond donors (Lipinski definition) is 0. The van der Waals surface area contributed by atoms with E-state index in [9.17, 15) is 4.79 Å². The Labute approximate surface area is 169 Å². The van der Waals surface area contributed by atoms with Crippen molar-refractivity contribution in [2.45, 2.75) is 32.8 Å². The zero-order chi connectivity index (χ0) is 20.5. The highest BCUT2D eigenvalue weighted by Crippen LogP contribution is 2.39. The fraction of sp³-hybridized carbons (Fsp3) is 0.348. The van der Waals surface area contributed by atoms with Gasteiger partial charge in [0.05, 0.1) is 21.3 Å². The Balaban J connectivity index is 1.66. The second-order valence-corrected chi connectivity index (χ2v) is 7.09. The second-order valence-electron chi connectivity index (χ2n) is 7.09. The minimum atomic E-state index is -0.227. The number of rotatable bonds is 6. The van der Waals surface area contributed by atoms with E-state index in [2.05, 4.69) is 0 Å². The van der Waals surface area contributed by atoms with Crippen LogP contribution in [0.1, 0.15) is 28.7 Å². The maximum absolute atomic E-state index is 12.3. The minimum Gasteiger partial charge on any atom is -0.493 e. The summed E-state index contributed by atoms with van der Waals surface area (Å²) < 4.78 is 27.8. The van der Waals surface area contributed by atoms with E-state index in [0.717, 1.165) is 46.9 Å². The van der Waals surface area contributed by atoms with E-state index in [0.29, 0.717) is 35.2 Å². The topological polar surface area (TPSA) is 67.1 Å². The minimum absolute atomic E-state index is 0.227. The van der Waals surface area contributed by atoms with Crippen molar-refractivity contribution in [3.8, 4) is 23.0 Å². The normalized spacial score (nSPS) is 12.7. The molecule has 6 nitrogen and oxygen atoms in total. The molecule has 0 fully saturated rings. The summed E-state index contributed by atoms with van der Waals surface area (Å²) in [7, 11) is 4.73. The summed E-state index contributed by atoms with van der Waals surface area (Å²) >= 11 is 0. The SMILES string of the molecule is COc1cc(COc2ccc3c4c(c(=O)oc3c2C)CCC4)cc(OC)c1OC. The zero-order valence-electron chi connectivity index (χ0n) is 17.1. The lowest BCUT2D eigenvalue weighted by Crippen LogP contribution is -2.08. The predicted molar refractivity (Wildman–Crippen MR) is 110 cm³/mol. The number of benzene rings is 2. The highest BCUT2D eigenvalue weighted by molar-refractivity contribution is 5.86. The molecule has 1 aliphatic carbocycles. The van der Waals surface area contributed by atoms with Gasteiger partial charge in [0.15, 0.2) is 11.5 Å². The Morgan fingerprint density at radius 2 is 1.62 bits per heavy atom. The molecular formula is C23H24O6. The standard InChI is InChI=1S/C23H24O6/c1-13-18(9-8-16-15-6-5-7-17(15)23(24)29-21(13)16)28-12-14-10-19(25-2)22(27-4)20(11-14)26-3/h8-11H,5-7,12H2,1-4H3. The Kier molecular flexibility index (Phi) is 5.09. The van der Waals surface area contributed by atoms with Gasteiger partial charge in [-0.25, -0.2) is 4.79 Å². The van der Waals surface area contributed by atoms with Gasteiger partial charge in [-0.3, -0.25) is 0 Å². The van der Waals surface area contributed by atoms with E-state index in [4.69, 9.17) is 23.4 Å². The fourth-order valence-corrected chi connectivity index (χ4v) is 4.00. The summed E-state index contributed by atoms with van der Waals surface area (Å²) in [4.78, 5) is 12.3. The fourth-order valence-electron chi connectivity index (χ4n) is 4.00. The van der Waals surface area contributed by atoms with Crippen LogP contribution < -0.4 is 24.6 Å². The highest BCUT2D eigenvalue weighted by atomic mass is 16.5. The van der Waals surface area contributed by atoms with Crippen molar-refractivity contribution in [1.29, 1.82) is 0 Å². The van der Waals surface area contributed by atoms with Gasteiger partial charge in [-0.2, -0.15) is 0 Å². The molecule has 1 aliphatic rings. The van der Waals surface area contributed by atoms with Crippen molar-refractivity contribution < 1.29 is 23.4 Å². The molecule has 3 aromatic rings. The molecule has 0 aliphatic heterocycles. The molecule has 6 heteroatoms. The lowest BCUT2D eigenvalue weighted by Gasteiger charge is -2.15. The maximum Gasteiger partial charge on any atom is 0.339 e. The van der Waals surface area contributed by atoms with Crippen LogP contribution in [0.2, 0.25) is 0 Å². The van der Waals surface area contributed by atoms with Gasteiger partial charge in [-0.05, 0) is 61.6 Å². The third-order valence-electron chi connectivity index (χ3n) is 5.46. The Hall–Kier alpha value is -3.15. The molecule has 1 aromatic heterocycles. The zero-order valence-corrected chi connectivity index (χ0v) is 17.1. The quantitative estimate of drug-likeness (QED) is 0.582. The van der Waals surface area contributed by atoms with Gasteiger partial charge in [0.1, 0.15) is 17.9 Å². The highest BCUT2D eigenvalue weighted by Gasteiger charge is 2.21. The summed E-state index contributed by atoms with van der Waals surface area (Å²) in [6.07, 6.45) is 2.71. The van der Waals surface area contributed by atoms with E-state index < -0.39 is 0 Å². The molecule has 0 atom stereocenters. The Morgan fingerprint density at radius 1 is 0.931 bits per heavy atom. The first-order valence-electron chi connectivity index (χ1n) is 9.57. The number of ether oxygens (including phenoxy) is 4. The van der Waals surface area contributed by atoms with Gasteiger partial charge in [-0.1, -0.05) is 0 Å². The van der Waals surface area contributed by atoms with E-state index >= 15 is 0 Å². The molecule has 2 aromatic carbocycles. The number of fused-ring (bicyclic) bond motifs is 3. The third-order valence-corrected chi connectivity index (χ3v) is 5.46. The van der Waals surface area contributed by atoms with Crippen LogP contribution in [0, 0.1) is 6.92 Å². The van der Waals surface area contributed by atoms with Crippen LogP contribution in [0.5, 0.6) is 23.0 Å². The average Bonchev–Trinajstić information content (AvgIpc) is 3.24. The van der Waals surface area contributed by atoms with E-state index in [1.807, 2.05) is 31.2 Å². The third kappa shape index (κ3) is 3.28. The van der Waals surface area contributed by atoms with Gasteiger partial charge in [0, 0.05) is 16.5 Å². The van der Waals surface area contributed by atoms with Gasteiger partial charge in [0.2, 0.25) is 5.75 Å². The Bertz CT molecular complexity index is 1100. The smallest absolute Gasteiger partial charge is 0.339 e. The van der Waals surface area contributed by atoms with E-state index in [1.165, 1.54) is 0 Å². The Morgan fingerprint density at radius 3 is 2.28 bits per heavy atom. The first-order valence-corrected chi connectivity index (χ1v) is 9.57. The van der Waals surface area contributed by atoms with Gasteiger partial charge < -0.3 is 23.4 Å². The molecule has 0 saturated carbocycles. The van der Waals surface area contributed by atoms with Gasteiger partial charge in [0.25, 0.3) is 0 Å². The lowest BCUT2D eigenvalue weighted by atomic mass is 10.0. The van der Waals surface area contributed by atoms with Gasteiger partial charge in [-0.15, -0.1) is 0 Å². The summed E-state index contributed by atoms with van der Waals surface area (Å²) in [5.74, 6) is 2.35. The predicted octanol–water partition coefficient (Wildman–Crippen LogP) is 4.19. The van der Waals surface area contributed by atoms with Crippen molar-refractivity contribution in [3.05, 3.63) is 56.9 Å². The van der Waals surface area contributed by atoms with Crippen LogP contribution in [0.3, 0.4) is 0 Å². The molecule has 4 rings (SSSR count). The van der Waals surface area contributed by atoms with Crippen LogP contribution in [0.25, 0.3) is 11.0 Å². The first-order chi connectivity index (χ1) is 14.1. The van der Waals surface area contributed by atoms with Crippen LogP contribution in [-0.2, 0) is 19.4 Å². The molecule has 29 heavy (non-hydrogen) atoms. The second kappa shape index (κ2) is 7.70. The molecule has 152 valence electrons. The van der Waals surface area contributed by atoms with Crippen LogP contribution >= 0.6 is 0 Å². The van der Waals surface area contributed by atoms with Gasteiger partial charge >= 0.3 is 5.63 Å². The average molecular weight is 396 g/mol. The molecule has 0 unspecified atom stereocenters. The van der Waals surface area contributed by atoms with Crippen molar-refractivity contribution >= 4 is 11.0 Å². The van der Waals surface area contributed by atoms with E-state index in [-0.39, 0.29) is 5.63 Å². The molecule has 1 heterocycles. The summed E-state index contributed by atoms with van der Waals surface area (Å²) in [6.45, 7) is 2.22.